The van der Waals surface area contributed by atoms with Crippen LogP contribution in [0.4, 0.5) is 4.39 Å². The Labute approximate surface area is 115 Å². The zero-order valence-electron chi connectivity index (χ0n) is 10.4. The van der Waals surface area contributed by atoms with E-state index >= 15 is 0 Å². The highest BCUT2D eigenvalue weighted by molar-refractivity contribution is 9.10. The average Bonchev–Trinajstić information content (AvgIpc) is 2.35. The minimum absolute atomic E-state index is 0.00167. The van der Waals surface area contributed by atoms with Crippen LogP contribution in [0.1, 0.15) is 22.7 Å². The van der Waals surface area contributed by atoms with E-state index in [1.807, 2.05) is 25.2 Å². The molecule has 0 saturated carbocycles. The second-order valence-electron chi connectivity index (χ2n) is 4.23. The molecule has 0 fully saturated rings. The standard InChI is InChI=1S/C15H15BrFN/c1-10-13(7-4-8-14(10)16)15(18-2)11-5-3-6-12(17)9-11/h3-9,15,18H,1-2H3. The molecule has 1 atom stereocenters. The largest absolute Gasteiger partial charge is 0.309 e. The van der Waals surface area contributed by atoms with Crippen LogP contribution in [0, 0.1) is 12.7 Å². The molecule has 94 valence electrons. The van der Waals surface area contributed by atoms with Gasteiger partial charge in [-0.2, -0.15) is 0 Å². The molecule has 0 aromatic heterocycles. The lowest BCUT2D eigenvalue weighted by Gasteiger charge is -2.20. The maximum atomic E-state index is 13.3. The van der Waals surface area contributed by atoms with Crippen molar-refractivity contribution in [3.8, 4) is 0 Å². The Balaban J connectivity index is 2.49. The predicted octanol–water partition coefficient (Wildman–Crippen LogP) is 4.21. The molecular formula is C15H15BrFN. The molecule has 3 heteroatoms. The van der Waals surface area contributed by atoms with Crippen molar-refractivity contribution in [3.63, 3.8) is 0 Å². The summed E-state index contributed by atoms with van der Waals surface area (Å²) in [4.78, 5) is 0. The van der Waals surface area contributed by atoms with Gasteiger partial charge in [-0.05, 0) is 48.9 Å². The van der Waals surface area contributed by atoms with E-state index < -0.39 is 0 Å². The molecule has 0 bridgehead atoms. The third-order valence-electron chi connectivity index (χ3n) is 3.09. The first-order valence-corrected chi connectivity index (χ1v) is 6.60. The monoisotopic (exact) mass is 307 g/mol. The Morgan fingerprint density at radius 3 is 2.56 bits per heavy atom. The Morgan fingerprint density at radius 1 is 1.17 bits per heavy atom. The summed E-state index contributed by atoms with van der Waals surface area (Å²) in [5, 5.41) is 3.24. The fourth-order valence-electron chi connectivity index (χ4n) is 2.12. The van der Waals surface area contributed by atoms with E-state index in [-0.39, 0.29) is 11.9 Å². The molecular weight excluding hydrogens is 293 g/mol. The number of hydrogen-bond donors (Lipinski definition) is 1. The SMILES string of the molecule is CNC(c1cccc(F)c1)c1cccc(Br)c1C. The van der Waals surface area contributed by atoms with Gasteiger partial charge < -0.3 is 5.32 Å². The van der Waals surface area contributed by atoms with Gasteiger partial charge in [-0.3, -0.25) is 0 Å². The van der Waals surface area contributed by atoms with Crippen molar-refractivity contribution >= 4 is 15.9 Å². The first kappa shape index (κ1) is 13.2. The van der Waals surface area contributed by atoms with Crippen LogP contribution in [0.25, 0.3) is 0 Å². The number of halogens is 2. The summed E-state index contributed by atoms with van der Waals surface area (Å²) in [5.41, 5.74) is 3.25. The maximum Gasteiger partial charge on any atom is 0.123 e. The summed E-state index contributed by atoms with van der Waals surface area (Å²) in [7, 11) is 1.88. The highest BCUT2D eigenvalue weighted by atomic mass is 79.9. The van der Waals surface area contributed by atoms with Crippen LogP contribution in [0.15, 0.2) is 46.9 Å². The van der Waals surface area contributed by atoms with Gasteiger partial charge in [0.05, 0.1) is 6.04 Å². The summed E-state index contributed by atoms with van der Waals surface area (Å²) < 4.78 is 14.4. The van der Waals surface area contributed by atoms with Crippen LogP contribution < -0.4 is 5.32 Å². The Bertz CT molecular complexity index is 554. The van der Waals surface area contributed by atoms with Crippen LogP contribution in [-0.4, -0.2) is 7.05 Å². The molecule has 0 aliphatic rings. The van der Waals surface area contributed by atoms with Gasteiger partial charge in [-0.15, -0.1) is 0 Å². The molecule has 0 saturated heterocycles. The second kappa shape index (κ2) is 5.63. The molecule has 0 aliphatic heterocycles. The summed E-state index contributed by atoms with van der Waals surface area (Å²) in [6, 6.07) is 12.8. The first-order valence-electron chi connectivity index (χ1n) is 5.81. The highest BCUT2D eigenvalue weighted by Crippen LogP contribution is 2.28. The molecule has 2 aromatic carbocycles. The van der Waals surface area contributed by atoms with Crippen LogP contribution in [0.2, 0.25) is 0 Å². The summed E-state index contributed by atoms with van der Waals surface area (Å²) >= 11 is 3.53. The van der Waals surface area contributed by atoms with Gasteiger partial charge in [0.15, 0.2) is 0 Å². The topological polar surface area (TPSA) is 12.0 Å². The Hall–Kier alpha value is -1.19. The molecule has 18 heavy (non-hydrogen) atoms. The van der Waals surface area contributed by atoms with Gasteiger partial charge >= 0.3 is 0 Å². The van der Waals surface area contributed by atoms with Gasteiger partial charge in [0.25, 0.3) is 0 Å². The summed E-state index contributed by atoms with van der Waals surface area (Å²) in [6.07, 6.45) is 0. The molecule has 0 aliphatic carbocycles. The lowest BCUT2D eigenvalue weighted by atomic mass is 9.95. The van der Waals surface area contributed by atoms with Crippen molar-refractivity contribution < 1.29 is 4.39 Å². The minimum atomic E-state index is -0.208. The fourth-order valence-corrected chi connectivity index (χ4v) is 2.51. The van der Waals surface area contributed by atoms with Crippen molar-refractivity contribution in [1.29, 1.82) is 0 Å². The molecule has 0 spiro atoms. The van der Waals surface area contributed by atoms with Crippen molar-refractivity contribution in [1.82, 2.24) is 5.32 Å². The van der Waals surface area contributed by atoms with Crippen molar-refractivity contribution in [2.75, 3.05) is 7.05 Å². The van der Waals surface area contributed by atoms with E-state index in [0.29, 0.717) is 0 Å². The van der Waals surface area contributed by atoms with Crippen LogP contribution in [0.3, 0.4) is 0 Å². The fraction of sp³-hybridized carbons (Fsp3) is 0.200. The quantitative estimate of drug-likeness (QED) is 0.896. The van der Waals surface area contributed by atoms with E-state index in [1.54, 1.807) is 12.1 Å². The number of benzene rings is 2. The molecule has 1 unspecified atom stereocenters. The van der Waals surface area contributed by atoms with E-state index in [0.717, 1.165) is 15.6 Å². The van der Waals surface area contributed by atoms with Crippen LogP contribution in [0.5, 0.6) is 0 Å². The third-order valence-corrected chi connectivity index (χ3v) is 3.95. The molecule has 0 heterocycles. The Kier molecular flexibility index (Phi) is 4.15. The third kappa shape index (κ3) is 2.62. The van der Waals surface area contributed by atoms with Crippen molar-refractivity contribution in [2.24, 2.45) is 0 Å². The van der Waals surface area contributed by atoms with Crippen molar-refractivity contribution in [2.45, 2.75) is 13.0 Å². The molecule has 2 rings (SSSR count). The predicted molar refractivity (Wildman–Crippen MR) is 76.2 cm³/mol. The van der Waals surface area contributed by atoms with E-state index in [4.69, 9.17) is 0 Å². The van der Waals surface area contributed by atoms with E-state index in [2.05, 4.69) is 34.2 Å². The molecule has 0 radical (unpaired) electrons. The average molecular weight is 308 g/mol. The summed E-state index contributed by atoms with van der Waals surface area (Å²) in [5.74, 6) is -0.208. The van der Waals surface area contributed by atoms with Gasteiger partial charge in [0, 0.05) is 4.47 Å². The number of hydrogen-bond acceptors (Lipinski definition) is 1. The molecule has 1 nitrogen and oxygen atoms in total. The second-order valence-corrected chi connectivity index (χ2v) is 5.09. The molecule has 1 N–H and O–H groups in total. The number of nitrogens with one attached hydrogen (secondary N) is 1. The molecule has 0 amide bonds. The summed E-state index contributed by atoms with van der Waals surface area (Å²) in [6.45, 7) is 2.06. The van der Waals surface area contributed by atoms with Crippen molar-refractivity contribution in [3.05, 3.63) is 69.4 Å². The van der Waals surface area contributed by atoms with Gasteiger partial charge in [0.2, 0.25) is 0 Å². The van der Waals surface area contributed by atoms with Crippen LogP contribution >= 0.6 is 15.9 Å². The zero-order chi connectivity index (χ0) is 13.1. The highest BCUT2D eigenvalue weighted by Gasteiger charge is 2.15. The van der Waals surface area contributed by atoms with Crippen LogP contribution in [-0.2, 0) is 0 Å². The maximum absolute atomic E-state index is 13.3. The first-order chi connectivity index (χ1) is 8.63. The smallest absolute Gasteiger partial charge is 0.123 e. The molecule has 2 aromatic rings. The minimum Gasteiger partial charge on any atom is -0.309 e. The lowest BCUT2D eigenvalue weighted by molar-refractivity contribution is 0.616. The van der Waals surface area contributed by atoms with Gasteiger partial charge in [0.1, 0.15) is 5.82 Å². The van der Waals surface area contributed by atoms with Gasteiger partial charge in [-0.25, -0.2) is 4.39 Å². The zero-order valence-corrected chi connectivity index (χ0v) is 12.0. The van der Waals surface area contributed by atoms with E-state index in [9.17, 15) is 4.39 Å². The van der Waals surface area contributed by atoms with E-state index in [1.165, 1.54) is 11.6 Å². The lowest BCUT2D eigenvalue weighted by Crippen LogP contribution is -2.18. The Morgan fingerprint density at radius 2 is 1.89 bits per heavy atom. The number of rotatable bonds is 3. The van der Waals surface area contributed by atoms with Gasteiger partial charge in [-0.1, -0.05) is 40.2 Å². The normalized spacial score (nSPS) is 12.4.